The summed E-state index contributed by atoms with van der Waals surface area (Å²) in [5.74, 6) is 0.451. The highest BCUT2D eigenvalue weighted by molar-refractivity contribution is 7.10. The van der Waals surface area contributed by atoms with Gasteiger partial charge in [0.2, 0.25) is 0 Å². The molecular formula is C19H19FN6S. The first-order valence-corrected chi connectivity index (χ1v) is 9.40. The summed E-state index contributed by atoms with van der Waals surface area (Å²) in [7, 11) is 4.13. The van der Waals surface area contributed by atoms with Gasteiger partial charge in [0.1, 0.15) is 18.0 Å². The van der Waals surface area contributed by atoms with Gasteiger partial charge >= 0.3 is 0 Å². The molecule has 3 heterocycles. The second-order valence-electron chi connectivity index (χ2n) is 6.37. The monoisotopic (exact) mass is 382 g/mol. The Morgan fingerprint density at radius 1 is 1.19 bits per heavy atom. The first-order valence-electron chi connectivity index (χ1n) is 8.52. The van der Waals surface area contributed by atoms with Gasteiger partial charge in [0.15, 0.2) is 5.65 Å². The molecule has 3 aromatic heterocycles. The summed E-state index contributed by atoms with van der Waals surface area (Å²) in [5.41, 5.74) is 1.43. The van der Waals surface area contributed by atoms with Crippen molar-refractivity contribution in [2.75, 3.05) is 26.0 Å². The highest BCUT2D eigenvalue weighted by Crippen LogP contribution is 2.26. The molecule has 0 saturated heterocycles. The van der Waals surface area contributed by atoms with Crippen molar-refractivity contribution in [1.29, 1.82) is 0 Å². The number of benzene rings is 1. The lowest BCUT2D eigenvalue weighted by atomic mass is 10.2. The maximum Gasteiger partial charge on any atom is 0.168 e. The third-order valence-electron chi connectivity index (χ3n) is 4.39. The van der Waals surface area contributed by atoms with E-state index in [1.54, 1.807) is 34.3 Å². The molecule has 0 saturated carbocycles. The quantitative estimate of drug-likeness (QED) is 0.551. The molecule has 1 N–H and O–H groups in total. The Balaban J connectivity index is 1.62. The number of likely N-dealkylation sites (N-methyl/N-ethyl adjacent to an activating group) is 1. The van der Waals surface area contributed by atoms with Crippen LogP contribution in [0.2, 0.25) is 0 Å². The van der Waals surface area contributed by atoms with Gasteiger partial charge in [-0.05, 0) is 49.8 Å². The minimum atomic E-state index is -0.282. The first-order chi connectivity index (χ1) is 13.1. The lowest BCUT2D eigenvalue weighted by molar-refractivity contribution is 0.316. The zero-order valence-electron chi connectivity index (χ0n) is 15.0. The fourth-order valence-electron chi connectivity index (χ4n) is 2.97. The summed E-state index contributed by atoms with van der Waals surface area (Å²) in [6, 6.07) is 10.6. The van der Waals surface area contributed by atoms with E-state index in [2.05, 4.69) is 56.9 Å². The van der Waals surface area contributed by atoms with Crippen LogP contribution in [-0.2, 0) is 0 Å². The predicted octanol–water partition coefficient (Wildman–Crippen LogP) is 3.73. The van der Waals surface area contributed by atoms with Gasteiger partial charge in [-0.3, -0.25) is 0 Å². The second-order valence-corrected chi connectivity index (χ2v) is 7.35. The Bertz CT molecular complexity index is 1030. The van der Waals surface area contributed by atoms with Crippen LogP contribution in [0.4, 0.5) is 10.2 Å². The maximum absolute atomic E-state index is 13.2. The second kappa shape index (κ2) is 7.42. The van der Waals surface area contributed by atoms with Crippen LogP contribution in [-0.4, -0.2) is 45.3 Å². The summed E-state index contributed by atoms with van der Waals surface area (Å²) in [6.07, 6.45) is 3.25. The number of halogens is 1. The summed E-state index contributed by atoms with van der Waals surface area (Å²) in [4.78, 5) is 12.2. The number of anilines is 1. The van der Waals surface area contributed by atoms with E-state index in [1.165, 1.54) is 23.3 Å². The SMILES string of the molecule is CN(C)C(CNc1ncnc2c1cnn2-c1ccc(F)cc1)c1cccs1. The number of nitrogens with one attached hydrogen (secondary N) is 1. The van der Waals surface area contributed by atoms with Crippen molar-refractivity contribution < 1.29 is 4.39 Å². The van der Waals surface area contributed by atoms with Crippen LogP contribution in [0.1, 0.15) is 10.9 Å². The van der Waals surface area contributed by atoms with Crippen LogP contribution in [0.3, 0.4) is 0 Å². The van der Waals surface area contributed by atoms with Crippen molar-refractivity contribution in [2.45, 2.75) is 6.04 Å². The third kappa shape index (κ3) is 3.54. The Hall–Kier alpha value is -2.84. The molecule has 0 fully saturated rings. The molecule has 0 bridgehead atoms. The van der Waals surface area contributed by atoms with E-state index >= 15 is 0 Å². The molecule has 0 spiro atoms. The number of nitrogens with zero attached hydrogens (tertiary/aromatic N) is 5. The summed E-state index contributed by atoms with van der Waals surface area (Å²) in [5, 5.41) is 10.8. The van der Waals surface area contributed by atoms with Crippen LogP contribution < -0.4 is 5.32 Å². The average Bonchev–Trinajstić information content (AvgIpc) is 3.33. The van der Waals surface area contributed by atoms with Gasteiger partial charge in [-0.15, -0.1) is 11.3 Å². The topological polar surface area (TPSA) is 58.9 Å². The minimum absolute atomic E-state index is 0.238. The standard InChI is InChI=1S/C19H19FN6S/c1-25(2)16(17-4-3-9-27-17)11-21-18-15-10-24-26(19(15)23-12-22-18)14-7-5-13(20)6-8-14/h3-10,12,16H,11H2,1-2H3,(H,21,22,23). The molecule has 0 amide bonds. The zero-order valence-corrected chi connectivity index (χ0v) is 15.8. The van der Waals surface area contributed by atoms with Gasteiger partial charge in [-0.25, -0.2) is 19.0 Å². The molecule has 1 aromatic carbocycles. The van der Waals surface area contributed by atoms with Crippen molar-refractivity contribution in [3.8, 4) is 5.69 Å². The number of thiophene rings is 1. The molecule has 8 heteroatoms. The highest BCUT2D eigenvalue weighted by atomic mass is 32.1. The predicted molar refractivity (Wildman–Crippen MR) is 106 cm³/mol. The molecular weight excluding hydrogens is 363 g/mol. The Morgan fingerprint density at radius 2 is 2.00 bits per heavy atom. The number of aromatic nitrogens is 4. The molecule has 0 radical (unpaired) electrons. The number of hydrogen-bond donors (Lipinski definition) is 1. The lowest BCUT2D eigenvalue weighted by Gasteiger charge is -2.23. The number of hydrogen-bond acceptors (Lipinski definition) is 6. The highest BCUT2D eigenvalue weighted by Gasteiger charge is 2.17. The molecule has 27 heavy (non-hydrogen) atoms. The minimum Gasteiger partial charge on any atom is -0.367 e. The molecule has 0 aliphatic rings. The van der Waals surface area contributed by atoms with Gasteiger partial charge in [0.25, 0.3) is 0 Å². The smallest absolute Gasteiger partial charge is 0.168 e. The van der Waals surface area contributed by atoms with Crippen LogP contribution in [0.25, 0.3) is 16.7 Å². The van der Waals surface area contributed by atoms with Crippen molar-refractivity contribution in [3.63, 3.8) is 0 Å². The van der Waals surface area contributed by atoms with E-state index in [-0.39, 0.29) is 11.9 Å². The van der Waals surface area contributed by atoms with Crippen molar-refractivity contribution in [3.05, 3.63) is 65.0 Å². The van der Waals surface area contributed by atoms with Gasteiger partial charge in [0.05, 0.1) is 23.3 Å². The summed E-state index contributed by atoms with van der Waals surface area (Å²) >= 11 is 1.74. The van der Waals surface area contributed by atoms with Crippen LogP contribution >= 0.6 is 11.3 Å². The van der Waals surface area contributed by atoms with E-state index in [1.807, 2.05) is 0 Å². The fraction of sp³-hybridized carbons (Fsp3) is 0.211. The average molecular weight is 382 g/mol. The van der Waals surface area contributed by atoms with Crippen molar-refractivity contribution >= 4 is 28.2 Å². The fourth-order valence-corrected chi connectivity index (χ4v) is 3.89. The van der Waals surface area contributed by atoms with Crippen molar-refractivity contribution in [2.24, 2.45) is 0 Å². The van der Waals surface area contributed by atoms with Gasteiger partial charge in [-0.1, -0.05) is 6.07 Å². The molecule has 1 unspecified atom stereocenters. The Kier molecular flexibility index (Phi) is 4.83. The lowest BCUT2D eigenvalue weighted by Crippen LogP contribution is -2.26. The van der Waals surface area contributed by atoms with Crippen LogP contribution in [0, 0.1) is 5.82 Å². The molecule has 0 aliphatic heterocycles. The maximum atomic E-state index is 13.2. The van der Waals surface area contributed by atoms with Crippen LogP contribution in [0.5, 0.6) is 0 Å². The normalized spacial score (nSPS) is 12.6. The zero-order chi connectivity index (χ0) is 18.8. The first kappa shape index (κ1) is 17.6. The molecule has 1 atom stereocenters. The number of fused-ring (bicyclic) bond motifs is 1. The summed E-state index contributed by atoms with van der Waals surface area (Å²) in [6.45, 7) is 0.710. The van der Waals surface area contributed by atoms with E-state index in [0.717, 1.165) is 16.9 Å². The molecule has 0 aliphatic carbocycles. The molecule has 138 valence electrons. The van der Waals surface area contributed by atoms with Crippen LogP contribution in [0.15, 0.2) is 54.3 Å². The molecule has 4 rings (SSSR count). The van der Waals surface area contributed by atoms with E-state index in [0.29, 0.717) is 12.2 Å². The summed E-state index contributed by atoms with van der Waals surface area (Å²) < 4.78 is 14.9. The van der Waals surface area contributed by atoms with Crippen molar-refractivity contribution in [1.82, 2.24) is 24.6 Å². The van der Waals surface area contributed by atoms with Gasteiger partial charge in [0, 0.05) is 11.4 Å². The largest absolute Gasteiger partial charge is 0.367 e. The number of rotatable bonds is 6. The Morgan fingerprint density at radius 3 is 2.70 bits per heavy atom. The molecule has 6 nitrogen and oxygen atoms in total. The van der Waals surface area contributed by atoms with E-state index in [4.69, 9.17) is 0 Å². The van der Waals surface area contributed by atoms with E-state index < -0.39 is 0 Å². The van der Waals surface area contributed by atoms with Gasteiger partial charge in [-0.2, -0.15) is 5.10 Å². The van der Waals surface area contributed by atoms with E-state index in [9.17, 15) is 4.39 Å². The third-order valence-corrected chi connectivity index (χ3v) is 5.37. The Labute approximate surface area is 160 Å². The van der Waals surface area contributed by atoms with Gasteiger partial charge < -0.3 is 10.2 Å². The molecule has 4 aromatic rings.